The Labute approximate surface area is 78.6 Å². The Hall–Kier alpha value is -0.340. The Bertz CT molecular complexity index is 248. The van der Waals surface area contributed by atoms with Crippen molar-refractivity contribution >= 4 is 0 Å². The van der Waals surface area contributed by atoms with Crippen LogP contribution in [-0.2, 0) is 4.74 Å². The summed E-state index contributed by atoms with van der Waals surface area (Å²) >= 11 is 0. The van der Waals surface area contributed by atoms with Crippen molar-refractivity contribution in [1.29, 1.82) is 0 Å². The number of hydrogen-bond acceptors (Lipinski definition) is 2. The fraction of sp³-hybridized carbons (Fsp3) is 0.818. The van der Waals surface area contributed by atoms with E-state index in [-0.39, 0.29) is 0 Å². The molecule has 0 amide bonds. The molecule has 3 aliphatic rings. The Morgan fingerprint density at radius 1 is 1.46 bits per heavy atom. The van der Waals surface area contributed by atoms with Gasteiger partial charge >= 0.3 is 0 Å². The van der Waals surface area contributed by atoms with Gasteiger partial charge in [-0.2, -0.15) is 0 Å². The van der Waals surface area contributed by atoms with Crippen LogP contribution in [0, 0.1) is 29.6 Å². The maximum atomic E-state index is 9.36. The Kier molecular flexibility index (Phi) is 1.59. The third kappa shape index (κ3) is 0.856. The van der Waals surface area contributed by atoms with Crippen molar-refractivity contribution in [2.24, 2.45) is 29.6 Å². The predicted molar refractivity (Wildman–Crippen MR) is 49.1 cm³/mol. The Morgan fingerprint density at radius 2 is 2.31 bits per heavy atom. The van der Waals surface area contributed by atoms with Gasteiger partial charge in [0.1, 0.15) is 0 Å². The second-order valence-corrected chi connectivity index (χ2v) is 4.71. The first-order valence-corrected chi connectivity index (χ1v) is 5.23. The van der Waals surface area contributed by atoms with Crippen LogP contribution in [0.2, 0.25) is 0 Å². The molecular weight excluding hydrogens is 164 g/mol. The van der Waals surface area contributed by atoms with E-state index in [4.69, 9.17) is 4.74 Å². The minimum Gasteiger partial charge on any atom is -0.396 e. The molecule has 2 bridgehead atoms. The highest BCUT2D eigenvalue weighted by Gasteiger charge is 2.55. The lowest BCUT2D eigenvalue weighted by atomic mass is 9.81. The fourth-order valence-corrected chi connectivity index (χ4v) is 3.71. The van der Waals surface area contributed by atoms with Gasteiger partial charge in [-0.15, -0.1) is 0 Å². The fourth-order valence-electron chi connectivity index (χ4n) is 3.71. The average Bonchev–Trinajstić information content (AvgIpc) is 2.56. The lowest BCUT2D eigenvalue weighted by molar-refractivity contribution is 0.0767. The van der Waals surface area contributed by atoms with Crippen LogP contribution in [0.1, 0.15) is 6.92 Å². The second-order valence-electron chi connectivity index (χ2n) is 4.71. The SMILES string of the molecule is CC1[C@H]2[C@@H]3CO[C@H]2C=C[C@H]1[C@@H]3CO. The molecule has 1 unspecified atom stereocenters. The quantitative estimate of drug-likeness (QED) is 0.611. The van der Waals surface area contributed by atoms with E-state index in [0.29, 0.717) is 42.3 Å². The highest BCUT2D eigenvalue weighted by Crippen LogP contribution is 2.54. The molecule has 2 nitrogen and oxygen atoms in total. The molecule has 72 valence electrons. The van der Waals surface area contributed by atoms with Crippen LogP contribution in [-0.4, -0.2) is 24.4 Å². The maximum Gasteiger partial charge on any atom is 0.0790 e. The standard InChI is InChI=1S/C11H16O2/c1-6-7-2-3-10-11(6)9(5-13-10)8(7)4-12/h2-3,6-12H,4-5H2,1H3/t6?,7-,8+,9-,10+,11+/m1/s1. The van der Waals surface area contributed by atoms with Gasteiger partial charge < -0.3 is 9.84 Å². The van der Waals surface area contributed by atoms with Crippen molar-refractivity contribution in [3.05, 3.63) is 12.2 Å². The molecule has 1 aliphatic heterocycles. The van der Waals surface area contributed by atoms with E-state index in [9.17, 15) is 5.11 Å². The molecule has 2 heteroatoms. The third-order valence-corrected chi connectivity index (χ3v) is 4.35. The number of fused-ring (bicyclic) bond motifs is 1. The first-order chi connectivity index (χ1) is 6.33. The van der Waals surface area contributed by atoms with Gasteiger partial charge in [0.05, 0.1) is 12.7 Å². The second kappa shape index (κ2) is 2.58. The number of hydrogen-bond donors (Lipinski definition) is 1. The van der Waals surface area contributed by atoms with Crippen molar-refractivity contribution in [1.82, 2.24) is 0 Å². The Balaban J connectivity index is 2.02. The molecule has 1 N–H and O–H groups in total. The van der Waals surface area contributed by atoms with E-state index in [1.54, 1.807) is 0 Å². The van der Waals surface area contributed by atoms with Crippen LogP contribution >= 0.6 is 0 Å². The molecular formula is C11H16O2. The summed E-state index contributed by atoms with van der Waals surface area (Å²) in [5.74, 6) is 3.08. The molecule has 0 aromatic rings. The maximum absolute atomic E-state index is 9.36. The van der Waals surface area contributed by atoms with Gasteiger partial charge in [0.25, 0.3) is 0 Å². The number of allylic oxidation sites excluding steroid dienone is 1. The van der Waals surface area contributed by atoms with Crippen molar-refractivity contribution < 1.29 is 9.84 Å². The zero-order chi connectivity index (χ0) is 9.00. The molecule has 0 radical (unpaired) electrons. The van der Waals surface area contributed by atoms with Crippen LogP contribution in [0.3, 0.4) is 0 Å². The van der Waals surface area contributed by atoms with Gasteiger partial charge in [-0.1, -0.05) is 19.1 Å². The van der Waals surface area contributed by atoms with Crippen molar-refractivity contribution in [2.45, 2.75) is 13.0 Å². The molecule has 2 fully saturated rings. The largest absolute Gasteiger partial charge is 0.396 e. The Morgan fingerprint density at radius 3 is 3.08 bits per heavy atom. The molecule has 1 saturated heterocycles. The molecule has 3 rings (SSSR count). The van der Waals surface area contributed by atoms with E-state index in [2.05, 4.69) is 19.1 Å². The monoisotopic (exact) mass is 180 g/mol. The minimum atomic E-state index is 0.330. The van der Waals surface area contributed by atoms with Crippen LogP contribution in [0.25, 0.3) is 0 Å². The zero-order valence-electron chi connectivity index (χ0n) is 7.89. The molecule has 0 aromatic carbocycles. The van der Waals surface area contributed by atoms with Crippen LogP contribution in [0.15, 0.2) is 12.2 Å². The van der Waals surface area contributed by atoms with Gasteiger partial charge in [-0.05, 0) is 29.6 Å². The summed E-state index contributed by atoms with van der Waals surface area (Å²) in [6.45, 7) is 3.51. The van der Waals surface area contributed by atoms with Gasteiger partial charge in [-0.25, -0.2) is 0 Å². The first kappa shape index (κ1) is 8.01. The third-order valence-electron chi connectivity index (χ3n) is 4.35. The smallest absolute Gasteiger partial charge is 0.0790 e. The summed E-state index contributed by atoms with van der Waals surface area (Å²) in [6, 6.07) is 0. The highest BCUT2D eigenvalue weighted by atomic mass is 16.5. The summed E-state index contributed by atoms with van der Waals surface area (Å²) in [5.41, 5.74) is 0. The van der Waals surface area contributed by atoms with Crippen molar-refractivity contribution in [3.63, 3.8) is 0 Å². The topological polar surface area (TPSA) is 29.5 Å². The van der Waals surface area contributed by atoms with E-state index in [0.717, 1.165) is 6.61 Å². The summed E-state index contributed by atoms with van der Waals surface area (Å²) in [6.07, 6.45) is 4.84. The lowest BCUT2D eigenvalue weighted by Gasteiger charge is -2.27. The first-order valence-electron chi connectivity index (χ1n) is 5.23. The number of ether oxygens (including phenoxy) is 1. The number of rotatable bonds is 1. The van der Waals surface area contributed by atoms with Gasteiger partial charge in [-0.3, -0.25) is 0 Å². The van der Waals surface area contributed by atoms with E-state index in [1.165, 1.54) is 0 Å². The van der Waals surface area contributed by atoms with Crippen molar-refractivity contribution in [2.75, 3.05) is 13.2 Å². The van der Waals surface area contributed by atoms with Crippen LogP contribution < -0.4 is 0 Å². The minimum absolute atomic E-state index is 0.330. The number of aliphatic hydroxyl groups excluding tert-OH is 1. The molecule has 13 heavy (non-hydrogen) atoms. The van der Waals surface area contributed by atoms with Gasteiger partial charge in [0, 0.05) is 6.61 Å². The van der Waals surface area contributed by atoms with Crippen LogP contribution in [0.5, 0.6) is 0 Å². The van der Waals surface area contributed by atoms with E-state index >= 15 is 0 Å². The van der Waals surface area contributed by atoms with Crippen molar-refractivity contribution in [3.8, 4) is 0 Å². The van der Waals surface area contributed by atoms with E-state index in [1.807, 2.05) is 0 Å². The molecule has 2 aliphatic carbocycles. The summed E-state index contributed by atoms with van der Waals surface area (Å²) in [4.78, 5) is 0. The average molecular weight is 180 g/mol. The predicted octanol–water partition coefficient (Wildman–Crippen LogP) is 1.06. The lowest BCUT2D eigenvalue weighted by Crippen LogP contribution is -2.26. The molecule has 0 spiro atoms. The molecule has 6 atom stereocenters. The molecule has 0 aromatic heterocycles. The molecule has 1 heterocycles. The zero-order valence-corrected chi connectivity index (χ0v) is 7.89. The number of aliphatic hydroxyl groups is 1. The van der Waals surface area contributed by atoms with Gasteiger partial charge in [0.15, 0.2) is 0 Å². The summed E-state index contributed by atoms with van der Waals surface area (Å²) < 4.78 is 5.71. The van der Waals surface area contributed by atoms with Crippen LogP contribution in [0.4, 0.5) is 0 Å². The summed E-state index contributed by atoms with van der Waals surface area (Å²) in [5, 5.41) is 9.36. The van der Waals surface area contributed by atoms with E-state index < -0.39 is 0 Å². The summed E-state index contributed by atoms with van der Waals surface area (Å²) in [7, 11) is 0. The molecule has 1 saturated carbocycles. The highest BCUT2D eigenvalue weighted by molar-refractivity contribution is 5.17. The van der Waals surface area contributed by atoms with Gasteiger partial charge in [0.2, 0.25) is 0 Å². The normalized spacial score (nSPS) is 57.4.